The number of hydrogen-bond donors (Lipinski definition) is 1. The molecule has 3 rings (SSSR count). The first-order valence-electron chi connectivity index (χ1n) is 11.3. The van der Waals surface area contributed by atoms with E-state index in [0.29, 0.717) is 18.2 Å². The molecular formula is C28H32N2O3. The van der Waals surface area contributed by atoms with Gasteiger partial charge < -0.3 is 15.0 Å². The maximum atomic E-state index is 13.4. The van der Waals surface area contributed by atoms with E-state index in [1.807, 2.05) is 90.7 Å². The smallest absolute Gasteiger partial charge is 0.261 e. The SMILES string of the molecule is CC(=O)Nc1cccc(C(C)N(Cc2ccccc2)C(=O)COc2ccccc2C(C)C)c1. The fourth-order valence-electron chi connectivity index (χ4n) is 3.79. The van der Waals surface area contributed by atoms with Crippen LogP contribution in [0.25, 0.3) is 0 Å². The van der Waals surface area contributed by atoms with Crippen molar-refractivity contribution in [3.63, 3.8) is 0 Å². The van der Waals surface area contributed by atoms with Crippen LogP contribution in [0.3, 0.4) is 0 Å². The van der Waals surface area contributed by atoms with Crippen molar-refractivity contribution in [1.82, 2.24) is 4.90 Å². The highest BCUT2D eigenvalue weighted by Crippen LogP contribution is 2.28. The lowest BCUT2D eigenvalue weighted by Gasteiger charge is -2.30. The van der Waals surface area contributed by atoms with E-state index in [1.54, 1.807) is 0 Å². The summed E-state index contributed by atoms with van der Waals surface area (Å²) in [6.07, 6.45) is 0. The average Bonchev–Trinajstić information content (AvgIpc) is 2.81. The van der Waals surface area contributed by atoms with Crippen molar-refractivity contribution in [2.75, 3.05) is 11.9 Å². The lowest BCUT2D eigenvalue weighted by molar-refractivity contribution is -0.136. The van der Waals surface area contributed by atoms with Crippen molar-refractivity contribution < 1.29 is 14.3 Å². The van der Waals surface area contributed by atoms with Gasteiger partial charge in [0.1, 0.15) is 5.75 Å². The summed E-state index contributed by atoms with van der Waals surface area (Å²) in [6, 6.07) is 25.1. The Hall–Kier alpha value is -3.60. The maximum absolute atomic E-state index is 13.4. The Bertz CT molecular complexity index is 1080. The Balaban J connectivity index is 1.83. The zero-order valence-corrected chi connectivity index (χ0v) is 19.7. The standard InChI is InChI=1S/C28H32N2O3/c1-20(2)26-15-8-9-16-27(26)33-19-28(32)30(18-23-11-6-5-7-12-23)21(3)24-13-10-14-25(17-24)29-22(4)31/h5-17,20-21H,18-19H2,1-4H3,(H,29,31). The van der Waals surface area contributed by atoms with Crippen LogP contribution in [0.15, 0.2) is 78.9 Å². The molecule has 0 fully saturated rings. The van der Waals surface area contributed by atoms with Gasteiger partial charge in [0.05, 0.1) is 6.04 Å². The summed E-state index contributed by atoms with van der Waals surface area (Å²) < 4.78 is 5.99. The minimum atomic E-state index is -0.213. The van der Waals surface area contributed by atoms with E-state index in [0.717, 1.165) is 22.4 Å². The summed E-state index contributed by atoms with van der Waals surface area (Å²) >= 11 is 0. The molecule has 0 aromatic heterocycles. The third kappa shape index (κ3) is 6.69. The molecule has 0 aliphatic heterocycles. The number of amides is 2. The fourth-order valence-corrected chi connectivity index (χ4v) is 3.79. The predicted octanol–water partition coefficient (Wildman–Crippen LogP) is 5.94. The van der Waals surface area contributed by atoms with Crippen LogP contribution >= 0.6 is 0 Å². The van der Waals surface area contributed by atoms with Gasteiger partial charge in [-0.15, -0.1) is 0 Å². The van der Waals surface area contributed by atoms with E-state index >= 15 is 0 Å². The summed E-state index contributed by atoms with van der Waals surface area (Å²) in [5.41, 5.74) is 3.77. The van der Waals surface area contributed by atoms with Crippen molar-refractivity contribution in [2.24, 2.45) is 0 Å². The molecule has 1 N–H and O–H groups in total. The van der Waals surface area contributed by atoms with E-state index < -0.39 is 0 Å². The number of carbonyl (C=O) groups is 2. The highest BCUT2D eigenvalue weighted by Gasteiger charge is 2.23. The van der Waals surface area contributed by atoms with Crippen molar-refractivity contribution >= 4 is 17.5 Å². The zero-order chi connectivity index (χ0) is 23.8. The molecule has 2 amide bonds. The molecule has 33 heavy (non-hydrogen) atoms. The molecule has 5 nitrogen and oxygen atoms in total. The third-order valence-corrected chi connectivity index (χ3v) is 5.57. The summed E-state index contributed by atoms with van der Waals surface area (Å²) in [6.45, 7) is 8.10. The van der Waals surface area contributed by atoms with E-state index in [-0.39, 0.29) is 24.5 Å². The first-order chi connectivity index (χ1) is 15.8. The van der Waals surface area contributed by atoms with Gasteiger partial charge in [-0.25, -0.2) is 0 Å². The average molecular weight is 445 g/mol. The Morgan fingerprint density at radius 2 is 1.61 bits per heavy atom. The van der Waals surface area contributed by atoms with Gasteiger partial charge in [0.25, 0.3) is 5.91 Å². The van der Waals surface area contributed by atoms with E-state index in [1.165, 1.54) is 6.92 Å². The fraction of sp³-hybridized carbons (Fsp3) is 0.286. The van der Waals surface area contributed by atoms with E-state index in [4.69, 9.17) is 4.74 Å². The molecule has 0 spiro atoms. The summed E-state index contributed by atoms with van der Waals surface area (Å²) in [4.78, 5) is 26.7. The van der Waals surface area contributed by atoms with Crippen LogP contribution in [0.4, 0.5) is 5.69 Å². The lowest BCUT2D eigenvalue weighted by Crippen LogP contribution is -2.36. The van der Waals surface area contributed by atoms with Crippen molar-refractivity contribution in [3.05, 3.63) is 95.6 Å². The second-order valence-corrected chi connectivity index (χ2v) is 8.47. The number of ether oxygens (including phenoxy) is 1. The minimum absolute atomic E-state index is 0.0493. The van der Waals surface area contributed by atoms with Crippen LogP contribution in [0.1, 0.15) is 56.3 Å². The molecule has 3 aromatic carbocycles. The summed E-state index contributed by atoms with van der Waals surface area (Å²) in [5.74, 6) is 0.803. The molecule has 3 aromatic rings. The summed E-state index contributed by atoms with van der Waals surface area (Å²) in [5, 5.41) is 2.81. The molecule has 0 saturated carbocycles. The number of hydrogen-bond acceptors (Lipinski definition) is 3. The van der Waals surface area contributed by atoms with Crippen LogP contribution in [0.5, 0.6) is 5.75 Å². The van der Waals surface area contributed by atoms with Crippen LogP contribution in [-0.2, 0) is 16.1 Å². The second-order valence-electron chi connectivity index (χ2n) is 8.47. The minimum Gasteiger partial charge on any atom is -0.483 e. The summed E-state index contributed by atoms with van der Waals surface area (Å²) in [7, 11) is 0. The Morgan fingerprint density at radius 1 is 0.909 bits per heavy atom. The van der Waals surface area contributed by atoms with Crippen molar-refractivity contribution in [1.29, 1.82) is 0 Å². The van der Waals surface area contributed by atoms with Gasteiger partial charge in [-0.2, -0.15) is 0 Å². The van der Waals surface area contributed by atoms with E-state index in [9.17, 15) is 9.59 Å². The lowest BCUT2D eigenvalue weighted by atomic mass is 10.0. The highest BCUT2D eigenvalue weighted by molar-refractivity contribution is 5.88. The molecule has 0 aliphatic carbocycles. The van der Waals surface area contributed by atoms with Gasteiger partial charge in [0.2, 0.25) is 5.91 Å². The van der Waals surface area contributed by atoms with Gasteiger partial charge in [0.15, 0.2) is 6.61 Å². The van der Waals surface area contributed by atoms with Gasteiger partial charge in [0, 0.05) is 19.2 Å². The number of nitrogens with one attached hydrogen (secondary N) is 1. The largest absolute Gasteiger partial charge is 0.483 e. The topological polar surface area (TPSA) is 58.6 Å². The number of rotatable bonds is 9. The molecule has 0 radical (unpaired) electrons. The second kappa shape index (κ2) is 11.3. The molecule has 0 heterocycles. The van der Waals surface area contributed by atoms with Crippen LogP contribution in [0, 0.1) is 0 Å². The van der Waals surface area contributed by atoms with Crippen molar-refractivity contribution in [3.8, 4) is 5.75 Å². The Morgan fingerprint density at radius 3 is 2.30 bits per heavy atom. The molecule has 172 valence electrons. The van der Waals surface area contributed by atoms with E-state index in [2.05, 4.69) is 19.2 Å². The van der Waals surface area contributed by atoms with Gasteiger partial charge in [-0.05, 0) is 47.7 Å². The van der Waals surface area contributed by atoms with Gasteiger partial charge in [-0.3, -0.25) is 9.59 Å². The Labute approximate surface area is 196 Å². The van der Waals surface area contributed by atoms with Crippen LogP contribution in [0.2, 0.25) is 0 Å². The van der Waals surface area contributed by atoms with Gasteiger partial charge >= 0.3 is 0 Å². The third-order valence-electron chi connectivity index (χ3n) is 5.57. The maximum Gasteiger partial charge on any atom is 0.261 e. The molecule has 1 atom stereocenters. The first kappa shape index (κ1) is 24.1. The Kier molecular flexibility index (Phi) is 8.25. The molecular weight excluding hydrogens is 412 g/mol. The molecule has 0 aliphatic rings. The van der Waals surface area contributed by atoms with Crippen LogP contribution in [-0.4, -0.2) is 23.3 Å². The number of nitrogens with zero attached hydrogens (tertiary/aromatic N) is 1. The molecule has 0 bridgehead atoms. The quantitative estimate of drug-likeness (QED) is 0.444. The van der Waals surface area contributed by atoms with Crippen molar-refractivity contribution in [2.45, 2.75) is 46.2 Å². The molecule has 0 saturated heterocycles. The number of anilines is 1. The number of carbonyl (C=O) groups excluding carboxylic acids is 2. The zero-order valence-electron chi connectivity index (χ0n) is 19.7. The molecule has 1 unspecified atom stereocenters. The number of benzene rings is 3. The van der Waals surface area contributed by atoms with Crippen LogP contribution < -0.4 is 10.1 Å². The molecule has 5 heteroatoms. The van der Waals surface area contributed by atoms with Gasteiger partial charge in [-0.1, -0.05) is 74.5 Å². The highest BCUT2D eigenvalue weighted by atomic mass is 16.5. The first-order valence-corrected chi connectivity index (χ1v) is 11.3. The normalized spacial score (nSPS) is 11.7. The predicted molar refractivity (Wildman–Crippen MR) is 132 cm³/mol. The monoisotopic (exact) mass is 444 g/mol. The number of para-hydroxylation sites is 1.